The van der Waals surface area contributed by atoms with Gasteiger partial charge in [-0.25, -0.2) is 9.97 Å². The highest BCUT2D eigenvalue weighted by Gasteiger charge is 2.26. The number of likely N-dealkylation sites (tertiary alicyclic amines) is 1. The lowest BCUT2D eigenvalue weighted by Gasteiger charge is -2.31. The van der Waals surface area contributed by atoms with Crippen LogP contribution in [0.25, 0.3) is 0 Å². The Kier molecular flexibility index (Phi) is 7.66. The quantitative estimate of drug-likeness (QED) is 0.660. The van der Waals surface area contributed by atoms with Gasteiger partial charge in [0, 0.05) is 53.1 Å². The Balaban J connectivity index is 1.84. The molecule has 0 bridgehead atoms. The fourth-order valence-electron chi connectivity index (χ4n) is 3.91. The molecule has 0 radical (unpaired) electrons. The highest BCUT2D eigenvalue weighted by Crippen LogP contribution is 2.27. The van der Waals surface area contributed by atoms with Gasteiger partial charge in [0.2, 0.25) is 5.91 Å². The van der Waals surface area contributed by atoms with Crippen molar-refractivity contribution in [1.29, 1.82) is 0 Å². The number of nitrogens with zero attached hydrogens (tertiary/aromatic N) is 5. The van der Waals surface area contributed by atoms with Crippen LogP contribution in [-0.4, -0.2) is 72.4 Å². The van der Waals surface area contributed by atoms with Crippen molar-refractivity contribution in [3.63, 3.8) is 0 Å². The highest BCUT2D eigenvalue weighted by atomic mass is 16.5. The molecule has 1 atom stereocenters. The fraction of sp³-hybridized carbons (Fsp3) is 0.500. The molecule has 172 valence electrons. The number of carbonyl (C=O) groups is 2. The first-order chi connectivity index (χ1) is 15.3. The van der Waals surface area contributed by atoms with E-state index >= 15 is 0 Å². The lowest BCUT2D eigenvalue weighted by atomic mass is 9.97. The number of amides is 2. The smallest absolute Gasteiger partial charge is 0.257 e. The van der Waals surface area contributed by atoms with Crippen LogP contribution in [0, 0.1) is 0 Å². The zero-order valence-electron chi connectivity index (χ0n) is 19.7. The van der Waals surface area contributed by atoms with E-state index in [0.717, 1.165) is 36.7 Å². The van der Waals surface area contributed by atoms with Gasteiger partial charge >= 0.3 is 0 Å². The summed E-state index contributed by atoms with van der Waals surface area (Å²) in [7, 11) is 5.64. The summed E-state index contributed by atoms with van der Waals surface area (Å²) in [6.45, 7) is 5.75. The Hall–Kier alpha value is -3.16. The molecule has 1 fully saturated rings. The third kappa shape index (κ3) is 5.55. The van der Waals surface area contributed by atoms with Crippen molar-refractivity contribution >= 4 is 17.6 Å². The zero-order chi connectivity index (χ0) is 23.3. The maximum absolute atomic E-state index is 13.1. The molecule has 2 heterocycles. The number of para-hydroxylation sites is 1. The number of benzene rings is 1. The van der Waals surface area contributed by atoms with Crippen molar-refractivity contribution in [2.45, 2.75) is 39.2 Å². The summed E-state index contributed by atoms with van der Waals surface area (Å²) in [6, 6.07) is 9.18. The Morgan fingerprint density at radius 2 is 1.94 bits per heavy atom. The normalized spacial score (nSPS) is 15.9. The molecule has 1 unspecified atom stereocenters. The summed E-state index contributed by atoms with van der Waals surface area (Å²) < 4.78 is 5.62. The van der Waals surface area contributed by atoms with E-state index in [9.17, 15) is 9.59 Å². The summed E-state index contributed by atoms with van der Waals surface area (Å²) >= 11 is 0. The van der Waals surface area contributed by atoms with Crippen molar-refractivity contribution in [2.24, 2.45) is 0 Å². The second-order valence-electron chi connectivity index (χ2n) is 8.36. The number of hydrogen-bond acceptors (Lipinski definition) is 6. The number of piperidine rings is 1. The number of anilines is 1. The topological polar surface area (TPSA) is 78.9 Å². The number of aromatic nitrogens is 2. The summed E-state index contributed by atoms with van der Waals surface area (Å²) in [6.07, 6.45) is 1.87. The molecule has 1 aromatic carbocycles. The van der Waals surface area contributed by atoms with Crippen LogP contribution in [0.2, 0.25) is 0 Å². The van der Waals surface area contributed by atoms with Gasteiger partial charge in [-0.1, -0.05) is 12.1 Å². The molecule has 1 aliphatic rings. The first-order valence-corrected chi connectivity index (χ1v) is 11.1. The second-order valence-corrected chi connectivity index (χ2v) is 8.36. The number of carbonyl (C=O) groups excluding carboxylic acids is 2. The van der Waals surface area contributed by atoms with Gasteiger partial charge in [-0.05, 0) is 31.9 Å². The van der Waals surface area contributed by atoms with Gasteiger partial charge in [-0.15, -0.1) is 0 Å². The van der Waals surface area contributed by atoms with E-state index in [4.69, 9.17) is 14.7 Å². The Bertz CT molecular complexity index is 962. The maximum atomic E-state index is 13.1. The lowest BCUT2D eigenvalue weighted by molar-refractivity contribution is -0.130. The van der Waals surface area contributed by atoms with Crippen molar-refractivity contribution in [3.05, 3.63) is 47.4 Å². The molecule has 0 N–H and O–H groups in total. The van der Waals surface area contributed by atoms with E-state index in [-0.39, 0.29) is 17.7 Å². The molecule has 2 amide bonds. The largest absolute Gasteiger partial charge is 0.493 e. The van der Waals surface area contributed by atoms with Gasteiger partial charge in [0.05, 0.1) is 24.4 Å². The third-order valence-corrected chi connectivity index (χ3v) is 5.64. The van der Waals surface area contributed by atoms with Crippen molar-refractivity contribution < 1.29 is 14.3 Å². The van der Waals surface area contributed by atoms with E-state index in [1.54, 1.807) is 31.0 Å². The summed E-state index contributed by atoms with van der Waals surface area (Å²) in [5.74, 6) is 2.15. The summed E-state index contributed by atoms with van der Waals surface area (Å²) in [5, 5.41) is 0. The highest BCUT2D eigenvalue weighted by molar-refractivity contribution is 5.96. The first-order valence-electron chi connectivity index (χ1n) is 11.1. The maximum Gasteiger partial charge on any atom is 0.257 e. The standard InChI is InChI=1S/C24H33N5O3/c1-6-32-21-12-8-7-11-20(21)24(31)28(5)16-19-14-22(27(3)4)26-23(25-19)18-10-9-13-29(15-18)17(2)30/h7-8,11-12,14,18H,6,9-10,13,15-16H2,1-5H3. The van der Waals surface area contributed by atoms with E-state index < -0.39 is 0 Å². The molecule has 1 aliphatic heterocycles. The molecule has 3 rings (SSSR count). The minimum absolute atomic E-state index is 0.0805. The molecule has 8 nitrogen and oxygen atoms in total. The van der Waals surface area contributed by atoms with E-state index in [1.165, 1.54) is 0 Å². The minimum atomic E-state index is -0.124. The van der Waals surface area contributed by atoms with Crippen LogP contribution in [0.4, 0.5) is 5.82 Å². The SMILES string of the molecule is CCOc1ccccc1C(=O)N(C)Cc1cc(N(C)C)nc(C2CCCN(C(C)=O)C2)n1. The Morgan fingerprint density at radius 1 is 1.19 bits per heavy atom. The van der Waals surface area contributed by atoms with Gasteiger partial charge in [-0.2, -0.15) is 0 Å². The van der Waals surface area contributed by atoms with Crippen LogP contribution in [0.3, 0.4) is 0 Å². The van der Waals surface area contributed by atoms with Gasteiger partial charge < -0.3 is 19.4 Å². The van der Waals surface area contributed by atoms with Crippen LogP contribution in [0.5, 0.6) is 5.75 Å². The zero-order valence-corrected chi connectivity index (χ0v) is 19.7. The van der Waals surface area contributed by atoms with Crippen LogP contribution < -0.4 is 9.64 Å². The molecule has 2 aromatic rings. The summed E-state index contributed by atoms with van der Waals surface area (Å²) in [5.41, 5.74) is 1.30. The Morgan fingerprint density at radius 3 is 2.62 bits per heavy atom. The molecular weight excluding hydrogens is 406 g/mol. The molecule has 1 aromatic heterocycles. The predicted molar refractivity (Wildman–Crippen MR) is 124 cm³/mol. The molecule has 0 aliphatic carbocycles. The van der Waals surface area contributed by atoms with E-state index in [0.29, 0.717) is 31.0 Å². The molecule has 8 heteroatoms. The Labute approximate surface area is 190 Å². The van der Waals surface area contributed by atoms with Crippen molar-refractivity contribution in [2.75, 3.05) is 45.7 Å². The van der Waals surface area contributed by atoms with E-state index in [1.807, 2.05) is 49.0 Å². The minimum Gasteiger partial charge on any atom is -0.493 e. The molecule has 1 saturated heterocycles. The predicted octanol–water partition coefficient (Wildman–Crippen LogP) is 2.94. The number of ether oxygens (including phenoxy) is 1. The first kappa shape index (κ1) is 23.5. The van der Waals surface area contributed by atoms with Crippen molar-refractivity contribution in [3.8, 4) is 5.75 Å². The number of hydrogen-bond donors (Lipinski definition) is 0. The second kappa shape index (κ2) is 10.4. The van der Waals surface area contributed by atoms with Gasteiger partial charge in [0.15, 0.2) is 0 Å². The van der Waals surface area contributed by atoms with Crippen LogP contribution in [-0.2, 0) is 11.3 Å². The molecule has 0 spiro atoms. The molecular formula is C24H33N5O3. The average molecular weight is 440 g/mol. The molecule has 0 saturated carbocycles. The van der Waals surface area contributed by atoms with Gasteiger partial charge in [-0.3, -0.25) is 9.59 Å². The van der Waals surface area contributed by atoms with Gasteiger partial charge in [0.1, 0.15) is 17.4 Å². The lowest BCUT2D eigenvalue weighted by Crippen LogP contribution is -2.38. The average Bonchev–Trinajstić information content (AvgIpc) is 2.79. The molecule has 32 heavy (non-hydrogen) atoms. The van der Waals surface area contributed by atoms with Crippen LogP contribution >= 0.6 is 0 Å². The van der Waals surface area contributed by atoms with Crippen molar-refractivity contribution in [1.82, 2.24) is 19.8 Å². The van der Waals surface area contributed by atoms with Crippen LogP contribution in [0.1, 0.15) is 54.5 Å². The van der Waals surface area contributed by atoms with E-state index in [2.05, 4.69) is 0 Å². The monoisotopic (exact) mass is 439 g/mol. The summed E-state index contributed by atoms with van der Waals surface area (Å²) in [4.78, 5) is 40.0. The fourth-order valence-corrected chi connectivity index (χ4v) is 3.91. The van der Waals surface area contributed by atoms with Gasteiger partial charge in [0.25, 0.3) is 5.91 Å². The van der Waals surface area contributed by atoms with Crippen LogP contribution in [0.15, 0.2) is 30.3 Å². The third-order valence-electron chi connectivity index (χ3n) is 5.64. The number of rotatable bonds is 7.